The molecule has 0 aromatic carbocycles. The molecule has 1 atom stereocenters. The summed E-state index contributed by atoms with van der Waals surface area (Å²) in [6.07, 6.45) is -9.08. The van der Waals surface area contributed by atoms with Crippen LogP contribution in [0, 0.1) is 11.6 Å². The van der Waals surface area contributed by atoms with Gasteiger partial charge in [-0.3, -0.25) is 14.2 Å². The molecule has 1 amide bonds. The number of carbonyl (C=O) groups excluding carboxylic acids is 1. The van der Waals surface area contributed by atoms with Gasteiger partial charge in [0.15, 0.2) is 22.9 Å². The highest BCUT2D eigenvalue weighted by molar-refractivity contribution is 5.97. The number of β-amino-alcohol motifs (C(OH)–C–C–N with tert-alkyl or cyclic N) is 1. The summed E-state index contributed by atoms with van der Waals surface area (Å²) in [4.78, 5) is 34.4. The van der Waals surface area contributed by atoms with E-state index in [0.717, 1.165) is 24.0 Å². The van der Waals surface area contributed by atoms with Gasteiger partial charge in [-0.15, -0.1) is 0 Å². The fraction of sp³-hybridized carbons (Fsp3) is 0.364. The second kappa shape index (κ2) is 9.18. The van der Waals surface area contributed by atoms with Crippen LogP contribution in [0.2, 0.25) is 0 Å². The Bertz CT molecular complexity index is 1460. The van der Waals surface area contributed by atoms with Crippen LogP contribution in [0.3, 0.4) is 0 Å². The van der Waals surface area contributed by atoms with Gasteiger partial charge >= 0.3 is 12.4 Å². The van der Waals surface area contributed by atoms with Crippen molar-refractivity contribution in [2.24, 2.45) is 0 Å². The first kappa shape index (κ1) is 27.2. The van der Waals surface area contributed by atoms with Gasteiger partial charge in [-0.25, -0.2) is 18.7 Å². The maximum Gasteiger partial charge on any atom is 0.420 e. The summed E-state index contributed by atoms with van der Waals surface area (Å²) in [5.74, 6) is -4.72. The van der Waals surface area contributed by atoms with Crippen molar-refractivity contribution in [2.45, 2.75) is 37.3 Å². The number of pyridine rings is 3. The normalized spacial score (nSPS) is 16.3. The van der Waals surface area contributed by atoms with Gasteiger partial charge in [0.1, 0.15) is 23.2 Å². The fourth-order valence-corrected chi connectivity index (χ4v) is 3.85. The van der Waals surface area contributed by atoms with E-state index in [9.17, 15) is 49.8 Å². The summed E-state index contributed by atoms with van der Waals surface area (Å²) in [6, 6.07) is 0.218. The number of alkyl halides is 6. The predicted molar refractivity (Wildman–Crippen MR) is 116 cm³/mol. The molecule has 1 unspecified atom stereocenters. The smallest absolute Gasteiger partial charge is 0.378 e. The number of aromatic nitrogens is 3. The van der Waals surface area contributed by atoms with Crippen LogP contribution in [0.1, 0.15) is 23.7 Å². The molecule has 3 aromatic heterocycles. The SMILES string of the molecule is CCC(NC(=O)c1cn(-c2ncc(F)cc2F)c2nc(N3CC(O)(C(F)(F)F)C3)ccc2c1=O)C(F)(F)F. The third kappa shape index (κ3) is 4.75. The quantitative estimate of drug-likeness (QED) is 0.473. The average Bonchev–Trinajstić information content (AvgIpc) is 2.79. The number of aliphatic hydroxyl groups is 1. The van der Waals surface area contributed by atoms with Crippen molar-refractivity contribution in [3.63, 3.8) is 0 Å². The number of amides is 1. The molecule has 0 radical (unpaired) electrons. The van der Waals surface area contributed by atoms with Crippen molar-refractivity contribution in [3.8, 4) is 5.82 Å². The van der Waals surface area contributed by atoms with Crippen LogP contribution in [-0.4, -0.2) is 62.6 Å². The molecule has 4 rings (SSSR count). The summed E-state index contributed by atoms with van der Waals surface area (Å²) in [5.41, 5.74) is -5.41. The zero-order valence-electron chi connectivity index (χ0n) is 19.2. The lowest BCUT2D eigenvalue weighted by molar-refractivity contribution is -0.267. The molecule has 2 N–H and O–H groups in total. The highest BCUT2D eigenvalue weighted by Gasteiger charge is 2.61. The maximum absolute atomic E-state index is 14.6. The number of hydrogen-bond donors (Lipinski definition) is 2. The van der Waals surface area contributed by atoms with Gasteiger partial charge in [-0.1, -0.05) is 6.92 Å². The van der Waals surface area contributed by atoms with Crippen molar-refractivity contribution >= 4 is 22.8 Å². The number of nitrogens with zero attached hydrogens (tertiary/aromatic N) is 4. The topological polar surface area (TPSA) is 100 Å². The molecule has 1 aliphatic rings. The Balaban J connectivity index is 1.86. The summed E-state index contributed by atoms with van der Waals surface area (Å²) in [7, 11) is 0. The minimum absolute atomic E-state index is 0.178. The molecule has 1 aliphatic heterocycles. The van der Waals surface area contributed by atoms with E-state index in [4.69, 9.17) is 0 Å². The van der Waals surface area contributed by atoms with Crippen LogP contribution in [-0.2, 0) is 0 Å². The monoisotopic (exact) mass is 551 g/mol. The van der Waals surface area contributed by atoms with E-state index in [2.05, 4.69) is 9.97 Å². The van der Waals surface area contributed by atoms with Crippen LogP contribution in [0.4, 0.5) is 40.9 Å². The van der Waals surface area contributed by atoms with Crippen molar-refractivity contribution in [3.05, 3.63) is 58.0 Å². The Hall–Kier alpha value is -3.82. The maximum atomic E-state index is 14.6. The van der Waals surface area contributed by atoms with Crippen molar-refractivity contribution in [1.82, 2.24) is 19.9 Å². The van der Waals surface area contributed by atoms with Crippen molar-refractivity contribution < 1.29 is 45.0 Å². The molecule has 1 fully saturated rings. The first-order valence-corrected chi connectivity index (χ1v) is 10.8. The number of fused-ring (bicyclic) bond motifs is 1. The van der Waals surface area contributed by atoms with Crippen LogP contribution in [0.5, 0.6) is 0 Å². The molecule has 3 aromatic rings. The number of carbonyl (C=O) groups is 1. The van der Waals surface area contributed by atoms with E-state index in [-0.39, 0.29) is 5.82 Å². The van der Waals surface area contributed by atoms with Gasteiger partial charge in [0, 0.05) is 12.3 Å². The predicted octanol–water partition coefficient (Wildman–Crippen LogP) is 3.24. The van der Waals surface area contributed by atoms with Crippen molar-refractivity contribution in [1.29, 1.82) is 0 Å². The molecule has 8 nitrogen and oxygen atoms in total. The highest BCUT2D eigenvalue weighted by atomic mass is 19.4. The van der Waals surface area contributed by atoms with Crippen LogP contribution in [0.15, 0.2) is 35.4 Å². The number of hydrogen-bond acceptors (Lipinski definition) is 6. The zero-order valence-corrected chi connectivity index (χ0v) is 19.2. The van der Waals surface area contributed by atoms with E-state index >= 15 is 0 Å². The summed E-state index contributed by atoms with van der Waals surface area (Å²) in [5, 5.41) is 11.0. The second-order valence-corrected chi connectivity index (χ2v) is 8.60. The summed E-state index contributed by atoms with van der Waals surface area (Å²) < 4.78 is 107. The lowest BCUT2D eigenvalue weighted by Gasteiger charge is -2.47. The Morgan fingerprint density at radius 3 is 2.39 bits per heavy atom. The fourth-order valence-electron chi connectivity index (χ4n) is 3.85. The zero-order chi connectivity index (χ0) is 28.2. The van der Waals surface area contributed by atoms with Gasteiger partial charge in [-0.05, 0) is 18.6 Å². The van der Waals surface area contributed by atoms with Crippen LogP contribution < -0.4 is 15.6 Å². The summed E-state index contributed by atoms with van der Waals surface area (Å²) in [6.45, 7) is -0.659. The van der Waals surface area contributed by atoms with Gasteiger partial charge < -0.3 is 15.3 Å². The van der Waals surface area contributed by atoms with Gasteiger partial charge in [-0.2, -0.15) is 26.3 Å². The van der Waals surface area contributed by atoms with E-state index < -0.39 is 88.9 Å². The number of anilines is 1. The molecule has 16 heteroatoms. The molecule has 1 saturated heterocycles. The Morgan fingerprint density at radius 1 is 1.18 bits per heavy atom. The van der Waals surface area contributed by atoms with Gasteiger partial charge in [0.05, 0.1) is 24.7 Å². The van der Waals surface area contributed by atoms with Gasteiger partial charge in [0.25, 0.3) is 5.91 Å². The van der Waals surface area contributed by atoms with E-state index in [1.165, 1.54) is 0 Å². The standard InChI is InChI=1S/C22H17F8N5O3/c1-2-14(21(25,26)27)32-19(37)12-7-35(18-13(24)5-10(23)6-31-18)17-11(16(12)36)3-4-15(33-17)34-8-20(38,9-34)22(28,29)30/h3-7,14,38H,2,8-9H2,1H3,(H,32,37). The average molecular weight is 551 g/mol. The third-order valence-corrected chi connectivity index (χ3v) is 5.96. The molecule has 0 bridgehead atoms. The first-order chi connectivity index (χ1) is 17.6. The summed E-state index contributed by atoms with van der Waals surface area (Å²) >= 11 is 0. The Labute approximate surface area is 207 Å². The van der Waals surface area contributed by atoms with Crippen LogP contribution in [0.25, 0.3) is 16.9 Å². The molecular formula is C22H17F8N5O3. The lowest BCUT2D eigenvalue weighted by atomic mass is 9.93. The lowest BCUT2D eigenvalue weighted by Crippen LogP contribution is -2.69. The minimum Gasteiger partial charge on any atom is -0.378 e. The molecule has 204 valence electrons. The van der Waals surface area contributed by atoms with Crippen LogP contribution >= 0.6 is 0 Å². The number of rotatable bonds is 5. The van der Waals surface area contributed by atoms with E-state index in [1.54, 1.807) is 5.32 Å². The Morgan fingerprint density at radius 2 is 1.84 bits per heavy atom. The third-order valence-electron chi connectivity index (χ3n) is 5.96. The second-order valence-electron chi connectivity index (χ2n) is 8.60. The largest absolute Gasteiger partial charge is 0.420 e. The molecular weight excluding hydrogens is 534 g/mol. The van der Waals surface area contributed by atoms with Crippen molar-refractivity contribution in [2.75, 3.05) is 18.0 Å². The minimum atomic E-state index is -4.93. The van der Waals surface area contributed by atoms with E-state index in [1.807, 2.05) is 0 Å². The van der Waals surface area contributed by atoms with Gasteiger partial charge in [0.2, 0.25) is 5.43 Å². The van der Waals surface area contributed by atoms with E-state index in [0.29, 0.717) is 23.0 Å². The molecule has 4 heterocycles. The highest BCUT2D eigenvalue weighted by Crippen LogP contribution is 2.39. The molecule has 0 saturated carbocycles. The molecule has 0 aliphatic carbocycles. The Kier molecular flexibility index (Phi) is 6.58. The molecule has 38 heavy (non-hydrogen) atoms. The molecule has 0 spiro atoms. The first-order valence-electron chi connectivity index (χ1n) is 10.8. The number of halogens is 8. The number of nitrogens with one attached hydrogen (secondary N) is 1.